The van der Waals surface area contributed by atoms with E-state index in [1.807, 2.05) is 6.92 Å². The van der Waals surface area contributed by atoms with Crippen molar-refractivity contribution < 1.29 is 18.8 Å². The van der Waals surface area contributed by atoms with Crippen molar-refractivity contribution in [2.75, 3.05) is 11.9 Å². The number of carbonyl (C=O) groups is 1. The van der Waals surface area contributed by atoms with Crippen molar-refractivity contribution in [1.29, 1.82) is 0 Å². The molecule has 0 aliphatic rings. The minimum Gasteiger partial charge on any atom is -0.493 e. The summed E-state index contributed by atoms with van der Waals surface area (Å²) in [6.45, 7) is 2.47. The van der Waals surface area contributed by atoms with Gasteiger partial charge >= 0.3 is 0 Å². The van der Waals surface area contributed by atoms with E-state index in [1.54, 1.807) is 18.2 Å². The lowest BCUT2D eigenvalue weighted by atomic mass is 10.1. The molecule has 0 radical (unpaired) electrons. The Kier molecular flexibility index (Phi) is 6.46. The highest BCUT2D eigenvalue weighted by atomic mass is 79.9. The number of nitrogens with one attached hydrogen (secondary N) is 1. The summed E-state index contributed by atoms with van der Waals surface area (Å²) in [7, 11) is 0. The molecule has 0 aliphatic heterocycles. The Bertz CT molecular complexity index is 798. The van der Waals surface area contributed by atoms with Crippen LogP contribution in [-0.4, -0.2) is 17.4 Å². The average molecular weight is 411 g/mol. The normalized spacial score (nSPS) is 10.4. The third kappa shape index (κ3) is 4.99. The lowest BCUT2D eigenvalue weighted by Gasteiger charge is -2.12. The molecule has 0 unspecified atom stereocenters. The van der Waals surface area contributed by atoms with Crippen LogP contribution in [0.25, 0.3) is 0 Å². The lowest BCUT2D eigenvalue weighted by molar-refractivity contribution is -0.384. The van der Waals surface area contributed by atoms with Gasteiger partial charge < -0.3 is 10.1 Å². The van der Waals surface area contributed by atoms with Gasteiger partial charge in [0.15, 0.2) is 0 Å². The fourth-order valence-electron chi connectivity index (χ4n) is 2.04. The number of amides is 1. The summed E-state index contributed by atoms with van der Waals surface area (Å²) < 4.78 is 20.1. The molecule has 2 aromatic rings. The maximum absolute atomic E-state index is 13.9. The zero-order valence-electron chi connectivity index (χ0n) is 13.4. The maximum atomic E-state index is 13.9. The van der Waals surface area contributed by atoms with E-state index in [2.05, 4.69) is 21.2 Å². The number of nitro benzene ring substituents is 1. The van der Waals surface area contributed by atoms with Crippen LogP contribution in [-0.2, 0) is 0 Å². The Morgan fingerprint density at radius 2 is 2.08 bits per heavy atom. The van der Waals surface area contributed by atoms with Crippen molar-refractivity contribution in [2.45, 2.75) is 19.8 Å². The number of non-ortho nitro benzene ring substituents is 1. The van der Waals surface area contributed by atoms with Gasteiger partial charge in [0.1, 0.15) is 11.6 Å². The summed E-state index contributed by atoms with van der Waals surface area (Å²) >= 11 is 3.28. The van der Waals surface area contributed by atoms with Gasteiger partial charge in [0.25, 0.3) is 11.6 Å². The van der Waals surface area contributed by atoms with Crippen molar-refractivity contribution >= 4 is 33.2 Å². The Morgan fingerprint density at radius 1 is 1.32 bits per heavy atom. The van der Waals surface area contributed by atoms with E-state index in [0.717, 1.165) is 31.0 Å². The number of hydrogen-bond donors (Lipinski definition) is 1. The van der Waals surface area contributed by atoms with Gasteiger partial charge in [-0.15, -0.1) is 0 Å². The Balaban J connectivity index is 2.27. The summed E-state index contributed by atoms with van der Waals surface area (Å²) in [5, 5.41) is 13.2. The van der Waals surface area contributed by atoms with Crippen LogP contribution in [0.2, 0.25) is 0 Å². The zero-order valence-corrected chi connectivity index (χ0v) is 15.0. The van der Waals surface area contributed by atoms with E-state index in [9.17, 15) is 19.3 Å². The second-order valence-corrected chi connectivity index (χ2v) is 6.13. The van der Waals surface area contributed by atoms with E-state index in [4.69, 9.17) is 4.74 Å². The second kappa shape index (κ2) is 8.57. The first-order chi connectivity index (χ1) is 11.9. The molecule has 6 nitrogen and oxygen atoms in total. The fraction of sp³-hybridized carbons (Fsp3) is 0.235. The monoisotopic (exact) mass is 410 g/mol. The number of ether oxygens (including phenoxy) is 1. The van der Waals surface area contributed by atoms with E-state index in [-0.39, 0.29) is 16.9 Å². The molecule has 8 heteroatoms. The average Bonchev–Trinajstić information content (AvgIpc) is 2.58. The zero-order chi connectivity index (χ0) is 18.4. The highest BCUT2D eigenvalue weighted by Crippen LogP contribution is 2.26. The summed E-state index contributed by atoms with van der Waals surface area (Å²) in [6.07, 6.45) is 1.77. The van der Waals surface area contributed by atoms with Gasteiger partial charge in [-0.3, -0.25) is 14.9 Å². The maximum Gasteiger partial charge on any atom is 0.271 e. The first-order valence-electron chi connectivity index (χ1n) is 7.60. The molecular weight excluding hydrogens is 395 g/mol. The molecule has 2 aromatic carbocycles. The number of hydrogen-bond acceptors (Lipinski definition) is 4. The molecule has 1 amide bonds. The summed E-state index contributed by atoms with van der Waals surface area (Å²) in [6, 6.07) is 7.86. The quantitative estimate of drug-likeness (QED) is 0.398. The third-order valence-electron chi connectivity index (χ3n) is 3.35. The van der Waals surface area contributed by atoms with Gasteiger partial charge in [0.05, 0.1) is 22.8 Å². The summed E-state index contributed by atoms with van der Waals surface area (Å²) in [5.74, 6) is -1.02. The van der Waals surface area contributed by atoms with E-state index < -0.39 is 16.6 Å². The molecule has 0 heterocycles. The van der Waals surface area contributed by atoms with E-state index in [0.29, 0.717) is 16.8 Å². The molecule has 2 rings (SSSR count). The molecule has 25 heavy (non-hydrogen) atoms. The van der Waals surface area contributed by atoms with Gasteiger partial charge in [0.2, 0.25) is 0 Å². The Hall–Kier alpha value is -2.48. The number of carbonyl (C=O) groups excluding carboxylic acids is 1. The minimum absolute atomic E-state index is 0.205. The highest BCUT2D eigenvalue weighted by molar-refractivity contribution is 9.10. The summed E-state index contributed by atoms with van der Waals surface area (Å²) in [4.78, 5) is 22.7. The second-order valence-electron chi connectivity index (χ2n) is 5.22. The highest BCUT2D eigenvalue weighted by Gasteiger charge is 2.17. The predicted molar refractivity (Wildman–Crippen MR) is 95.6 cm³/mol. The number of benzene rings is 2. The van der Waals surface area contributed by atoms with Crippen molar-refractivity contribution in [1.82, 2.24) is 0 Å². The molecule has 0 spiro atoms. The van der Waals surface area contributed by atoms with Gasteiger partial charge in [0, 0.05) is 16.6 Å². The van der Waals surface area contributed by atoms with Crippen LogP contribution in [0.15, 0.2) is 40.9 Å². The molecule has 132 valence electrons. The van der Waals surface area contributed by atoms with Crippen LogP contribution in [0, 0.1) is 15.9 Å². The molecule has 0 aromatic heterocycles. The van der Waals surface area contributed by atoms with E-state index >= 15 is 0 Å². The molecule has 0 saturated heterocycles. The van der Waals surface area contributed by atoms with Gasteiger partial charge in [-0.05, 0) is 30.7 Å². The minimum atomic E-state index is -0.762. The molecule has 0 fully saturated rings. The topological polar surface area (TPSA) is 81.5 Å². The third-order valence-corrected chi connectivity index (χ3v) is 3.84. The van der Waals surface area contributed by atoms with Crippen molar-refractivity contribution in [3.63, 3.8) is 0 Å². The predicted octanol–water partition coefficient (Wildman–Crippen LogP) is 4.93. The molecule has 1 N–H and O–H groups in total. The van der Waals surface area contributed by atoms with Crippen molar-refractivity contribution in [2.24, 2.45) is 0 Å². The smallest absolute Gasteiger partial charge is 0.271 e. The SMILES string of the molecule is CCCCOc1ccc(Br)cc1C(=O)Nc1cc([N+](=O)[O-])ccc1F. The number of rotatable bonds is 7. The largest absolute Gasteiger partial charge is 0.493 e. The molecule has 0 saturated carbocycles. The van der Waals surface area contributed by atoms with Crippen LogP contribution in [0.1, 0.15) is 30.1 Å². The molecule has 0 aliphatic carbocycles. The van der Waals surface area contributed by atoms with Gasteiger partial charge in [-0.25, -0.2) is 4.39 Å². The van der Waals surface area contributed by atoms with Gasteiger partial charge in [-0.1, -0.05) is 29.3 Å². The number of nitro groups is 1. The van der Waals surface area contributed by atoms with Crippen molar-refractivity contribution in [3.05, 3.63) is 62.4 Å². The standard InChI is InChI=1S/C17H16BrFN2O4/c1-2-3-8-25-16-7-4-11(18)9-13(16)17(22)20-15-10-12(21(23)24)5-6-14(15)19/h4-7,9-10H,2-3,8H2,1H3,(H,20,22). The molecular formula is C17H16BrFN2O4. The number of nitrogens with zero attached hydrogens (tertiary/aromatic N) is 1. The van der Waals surface area contributed by atoms with Crippen LogP contribution >= 0.6 is 15.9 Å². The number of halogens is 2. The molecule has 0 atom stereocenters. The molecule has 0 bridgehead atoms. The van der Waals surface area contributed by atoms with Crippen LogP contribution in [0.4, 0.5) is 15.8 Å². The van der Waals surface area contributed by atoms with Crippen molar-refractivity contribution in [3.8, 4) is 5.75 Å². The fourth-order valence-corrected chi connectivity index (χ4v) is 2.41. The summed E-state index contributed by atoms with van der Waals surface area (Å²) in [5.41, 5.74) is -0.375. The lowest BCUT2D eigenvalue weighted by Crippen LogP contribution is -2.15. The Morgan fingerprint density at radius 3 is 2.76 bits per heavy atom. The first-order valence-corrected chi connectivity index (χ1v) is 8.39. The Labute approximate surface area is 152 Å². The first kappa shape index (κ1) is 18.9. The van der Waals surface area contributed by atoms with Gasteiger partial charge in [-0.2, -0.15) is 0 Å². The number of anilines is 1. The van der Waals surface area contributed by atoms with E-state index in [1.165, 1.54) is 0 Å². The van der Waals surface area contributed by atoms with Crippen LogP contribution in [0.3, 0.4) is 0 Å². The number of unbranched alkanes of at least 4 members (excludes halogenated alkanes) is 1. The van der Waals surface area contributed by atoms with Crippen LogP contribution in [0.5, 0.6) is 5.75 Å². The van der Waals surface area contributed by atoms with Crippen LogP contribution < -0.4 is 10.1 Å².